The van der Waals surface area contributed by atoms with Crippen molar-refractivity contribution in [3.8, 4) is 11.4 Å². The van der Waals surface area contributed by atoms with Crippen LogP contribution < -0.4 is 10.9 Å². The van der Waals surface area contributed by atoms with E-state index in [0.717, 1.165) is 30.3 Å². The van der Waals surface area contributed by atoms with Crippen molar-refractivity contribution in [3.05, 3.63) is 91.9 Å². The van der Waals surface area contributed by atoms with Crippen LogP contribution in [-0.2, 0) is 0 Å². The van der Waals surface area contributed by atoms with Crippen LogP contribution in [0.4, 0.5) is 17.6 Å². The van der Waals surface area contributed by atoms with Gasteiger partial charge in [-0.25, -0.2) is 22.1 Å². The van der Waals surface area contributed by atoms with Gasteiger partial charge in [-0.15, -0.1) is 5.10 Å². The second kappa shape index (κ2) is 9.40. The molecule has 188 valence electrons. The van der Waals surface area contributed by atoms with Crippen molar-refractivity contribution >= 4 is 23.0 Å². The Morgan fingerprint density at radius 3 is 2.47 bits per heavy atom. The maximum atomic E-state index is 14.6. The molecule has 0 radical (unpaired) electrons. The van der Waals surface area contributed by atoms with Crippen molar-refractivity contribution in [1.29, 1.82) is 0 Å². The molecule has 0 saturated heterocycles. The lowest BCUT2D eigenvalue weighted by atomic mass is 9.99. The molecule has 0 aliphatic carbocycles. The molecule has 0 aliphatic rings. The molecule has 4 aromatic rings. The van der Waals surface area contributed by atoms with E-state index < -0.39 is 41.7 Å². The number of aliphatic hydroxyl groups is 1. The SMILES string of the molecule is Cc1c(C(=O)NC(c2ccc(F)cc2)C(F)(F)CO)c(C)n2nc(-c3ccc(Cl)c(F)c3)[nH]c(=O)c12. The van der Waals surface area contributed by atoms with Crippen LogP contribution in [0, 0.1) is 25.5 Å². The van der Waals surface area contributed by atoms with Crippen LogP contribution >= 0.6 is 11.6 Å². The minimum Gasteiger partial charge on any atom is -0.390 e. The van der Waals surface area contributed by atoms with E-state index in [-0.39, 0.29) is 44.3 Å². The molecule has 7 nitrogen and oxygen atoms in total. The maximum absolute atomic E-state index is 14.6. The van der Waals surface area contributed by atoms with Gasteiger partial charge in [0.05, 0.1) is 16.3 Å². The van der Waals surface area contributed by atoms with Crippen molar-refractivity contribution in [3.63, 3.8) is 0 Å². The number of halogens is 5. The van der Waals surface area contributed by atoms with Gasteiger partial charge in [0.1, 0.15) is 29.8 Å². The van der Waals surface area contributed by atoms with Crippen LogP contribution in [0.5, 0.6) is 0 Å². The number of fused-ring (bicyclic) bond motifs is 1. The molecule has 0 bridgehead atoms. The number of aromatic nitrogens is 3. The number of benzene rings is 2. The van der Waals surface area contributed by atoms with Crippen LogP contribution in [0.15, 0.2) is 47.3 Å². The van der Waals surface area contributed by atoms with Crippen molar-refractivity contribution in [2.45, 2.75) is 25.8 Å². The fourth-order valence-electron chi connectivity index (χ4n) is 4.00. The summed E-state index contributed by atoms with van der Waals surface area (Å²) in [6.07, 6.45) is 0. The number of aryl methyl sites for hydroxylation is 2. The standard InChI is InChI=1S/C24H19ClF4N4O3/c1-11-18(22(35)30-20(24(28,29)10-34)13-3-6-15(26)7-4-13)12(2)33-19(11)23(36)31-21(32-33)14-5-8-16(25)17(27)9-14/h3-9,20,34H,10H2,1-2H3,(H,30,35)(H,31,32,36). The van der Waals surface area contributed by atoms with Crippen LogP contribution in [0.2, 0.25) is 5.02 Å². The topological polar surface area (TPSA) is 99.5 Å². The van der Waals surface area contributed by atoms with Crippen molar-refractivity contribution in [2.24, 2.45) is 0 Å². The third kappa shape index (κ3) is 4.47. The summed E-state index contributed by atoms with van der Waals surface area (Å²) in [6.45, 7) is 1.34. The van der Waals surface area contributed by atoms with Crippen LogP contribution in [-0.4, -0.2) is 38.1 Å². The first-order chi connectivity index (χ1) is 16.9. The van der Waals surface area contributed by atoms with E-state index in [1.807, 2.05) is 0 Å². The number of alkyl halides is 2. The molecule has 0 fully saturated rings. The van der Waals surface area contributed by atoms with Gasteiger partial charge < -0.3 is 15.4 Å². The molecule has 0 aliphatic heterocycles. The van der Waals surface area contributed by atoms with Gasteiger partial charge in [-0.1, -0.05) is 23.7 Å². The normalized spacial score (nSPS) is 12.7. The van der Waals surface area contributed by atoms with Crippen molar-refractivity contribution in [2.75, 3.05) is 6.61 Å². The van der Waals surface area contributed by atoms with E-state index in [1.54, 1.807) is 0 Å². The van der Waals surface area contributed by atoms with Gasteiger partial charge in [-0.3, -0.25) is 9.59 Å². The number of hydrogen-bond acceptors (Lipinski definition) is 4. The van der Waals surface area contributed by atoms with Crippen molar-refractivity contribution in [1.82, 2.24) is 19.9 Å². The largest absolute Gasteiger partial charge is 0.390 e. The first-order valence-corrected chi connectivity index (χ1v) is 10.9. The molecule has 1 atom stereocenters. The monoisotopic (exact) mass is 522 g/mol. The highest BCUT2D eigenvalue weighted by atomic mass is 35.5. The van der Waals surface area contributed by atoms with Gasteiger partial charge in [0, 0.05) is 5.56 Å². The Morgan fingerprint density at radius 1 is 1.19 bits per heavy atom. The van der Waals surface area contributed by atoms with Crippen LogP contribution in [0.3, 0.4) is 0 Å². The quantitative estimate of drug-likeness (QED) is 0.328. The average Bonchev–Trinajstić information content (AvgIpc) is 3.09. The van der Waals surface area contributed by atoms with Gasteiger partial charge in [0.15, 0.2) is 5.82 Å². The number of nitrogens with one attached hydrogen (secondary N) is 2. The minimum atomic E-state index is -3.78. The number of amides is 1. The summed E-state index contributed by atoms with van der Waals surface area (Å²) in [4.78, 5) is 28.6. The number of rotatable bonds is 6. The predicted octanol–water partition coefficient (Wildman–Crippen LogP) is 4.34. The number of aromatic amines is 1. The molecule has 12 heteroatoms. The Morgan fingerprint density at radius 2 is 1.86 bits per heavy atom. The molecule has 36 heavy (non-hydrogen) atoms. The highest BCUT2D eigenvalue weighted by Crippen LogP contribution is 2.32. The second-order valence-corrected chi connectivity index (χ2v) is 8.56. The molecule has 2 heterocycles. The molecule has 4 rings (SSSR count). The Hall–Kier alpha value is -3.70. The molecule has 3 N–H and O–H groups in total. The number of carbonyl (C=O) groups excluding carboxylic acids is 1. The fourth-order valence-corrected chi connectivity index (χ4v) is 4.11. The summed E-state index contributed by atoms with van der Waals surface area (Å²) in [5.74, 6) is -6.14. The molecule has 2 aromatic carbocycles. The summed E-state index contributed by atoms with van der Waals surface area (Å²) < 4.78 is 57.6. The Labute approximate surface area is 206 Å². The van der Waals surface area contributed by atoms with Gasteiger partial charge in [0.2, 0.25) is 0 Å². The Bertz CT molecular complexity index is 1530. The lowest BCUT2D eigenvalue weighted by Crippen LogP contribution is -2.43. The zero-order valence-corrected chi connectivity index (χ0v) is 19.6. The Balaban J connectivity index is 1.80. The third-order valence-electron chi connectivity index (χ3n) is 5.80. The zero-order valence-electron chi connectivity index (χ0n) is 18.9. The highest BCUT2D eigenvalue weighted by molar-refractivity contribution is 6.30. The van der Waals surface area contributed by atoms with E-state index in [4.69, 9.17) is 11.6 Å². The van der Waals surface area contributed by atoms with E-state index in [2.05, 4.69) is 15.4 Å². The molecule has 1 unspecified atom stereocenters. The van der Waals surface area contributed by atoms with E-state index >= 15 is 0 Å². The van der Waals surface area contributed by atoms with Crippen LogP contribution in [0.25, 0.3) is 16.9 Å². The molecular formula is C24H19ClF4N4O3. The number of carbonyl (C=O) groups is 1. The fraction of sp³-hybridized carbons (Fsp3) is 0.208. The molecule has 2 aromatic heterocycles. The highest BCUT2D eigenvalue weighted by Gasteiger charge is 2.42. The number of nitrogens with zero attached hydrogens (tertiary/aromatic N) is 2. The lowest BCUT2D eigenvalue weighted by molar-refractivity contribution is -0.0785. The first kappa shape index (κ1) is 25.4. The molecular weight excluding hydrogens is 504 g/mol. The average molecular weight is 523 g/mol. The van der Waals surface area contributed by atoms with E-state index in [0.29, 0.717) is 0 Å². The molecule has 0 spiro atoms. The summed E-state index contributed by atoms with van der Waals surface area (Å²) in [6, 6.07) is 5.88. The minimum absolute atomic E-state index is 0.0101. The third-order valence-corrected chi connectivity index (χ3v) is 6.11. The predicted molar refractivity (Wildman–Crippen MR) is 124 cm³/mol. The van der Waals surface area contributed by atoms with Crippen molar-refractivity contribution < 1.29 is 27.5 Å². The Kier molecular flexibility index (Phi) is 6.63. The van der Waals surface area contributed by atoms with Gasteiger partial charge >= 0.3 is 0 Å². The van der Waals surface area contributed by atoms with E-state index in [1.165, 1.54) is 30.5 Å². The van der Waals surface area contributed by atoms with Gasteiger partial charge in [-0.2, -0.15) is 0 Å². The van der Waals surface area contributed by atoms with E-state index in [9.17, 15) is 32.3 Å². The van der Waals surface area contributed by atoms with Crippen LogP contribution in [0.1, 0.15) is 33.2 Å². The first-order valence-electron chi connectivity index (χ1n) is 10.6. The number of hydrogen-bond donors (Lipinski definition) is 3. The summed E-state index contributed by atoms with van der Waals surface area (Å²) in [5, 5.41) is 15.6. The maximum Gasteiger partial charge on any atom is 0.294 e. The zero-order chi connectivity index (χ0) is 26.4. The lowest BCUT2D eigenvalue weighted by Gasteiger charge is -2.27. The summed E-state index contributed by atoms with van der Waals surface area (Å²) in [5.41, 5.74) is -0.343. The van der Waals surface area contributed by atoms with Gasteiger partial charge in [0.25, 0.3) is 17.4 Å². The molecule has 0 saturated carbocycles. The summed E-state index contributed by atoms with van der Waals surface area (Å²) in [7, 11) is 0. The second-order valence-electron chi connectivity index (χ2n) is 8.15. The van der Waals surface area contributed by atoms with Gasteiger partial charge in [-0.05, 0) is 55.3 Å². The summed E-state index contributed by atoms with van der Waals surface area (Å²) >= 11 is 5.71. The smallest absolute Gasteiger partial charge is 0.294 e. The number of H-pyrrole nitrogens is 1. The molecule has 1 amide bonds. The number of aliphatic hydroxyl groups excluding tert-OH is 1.